The fourth-order valence-corrected chi connectivity index (χ4v) is 3.42. The summed E-state index contributed by atoms with van der Waals surface area (Å²) in [5.41, 5.74) is 0.548. The van der Waals surface area contributed by atoms with Gasteiger partial charge in [-0.1, -0.05) is 24.3 Å². The van der Waals surface area contributed by atoms with Crippen molar-refractivity contribution in [1.82, 2.24) is 4.90 Å². The van der Waals surface area contributed by atoms with E-state index < -0.39 is 29.1 Å². The number of nitrogens with zero attached hydrogens (tertiary/aromatic N) is 1. The van der Waals surface area contributed by atoms with Crippen molar-refractivity contribution in [2.24, 2.45) is 5.92 Å². The van der Waals surface area contributed by atoms with E-state index in [2.05, 4.69) is 0 Å². The van der Waals surface area contributed by atoms with E-state index in [1.807, 2.05) is 0 Å². The molecule has 0 bridgehead atoms. The van der Waals surface area contributed by atoms with Crippen molar-refractivity contribution >= 4 is 11.9 Å². The van der Waals surface area contributed by atoms with Crippen molar-refractivity contribution in [2.75, 3.05) is 13.1 Å². The minimum atomic E-state index is -0.955. The van der Waals surface area contributed by atoms with Gasteiger partial charge in [0.2, 0.25) is 0 Å². The number of halogens is 2. The van der Waals surface area contributed by atoms with Crippen molar-refractivity contribution in [3.8, 4) is 0 Å². The predicted octanol–water partition coefficient (Wildman–Crippen LogP) is 3.76. The Balaban J connectivity index is 1.65. The molecule has 1 aliphatic rings. The lowest BCUT2D eigenvalue weighted by molar-refractivity contribution is 0.0680. The summed E-state index contributed by atoms with van der Waals surface area (Å²) in [4.78, 5) is 25.2. The Morgan fingerprint density at radius 2 is 1.62 bits per heavy atom. The minimum absolute atomic E-state index is 0.227. The molecular formula is C20H19F2NO3. The number of carbonyl (C=O) groups excluding carboxylic acids is 1. The van der Waals surface area contributed by atoms with Crippen LogP contribution in [0.3, 0.4) is 0 Å². The van der Waals surface area contributed by atoms with E-state index in [1.165, 1.54) is 11.0 Å². The van der Waals surface area contributed by atoms with Crippen LogP contribution in [0.1, 0.15) is 39.1 Å². The van der Waals surface area contributed by atoms with E-state index >= 15 is 0 Å². The number of carboxylic acids is 1. The highest BCUT2D eigenvalue weighted by atomic mass is 19.1. The molecule has 1 aliphatic heterocycles. The number of hydrogen-bond acceptors (Lipinski definition) is 2. The lowest BCUT2D eigenvalue weighted by atomic mass is 9.88. The molecule has 6 heteroatoms. The molecule has 0 aliphatic carbocycles. The normalized spacial score (nSPS) is 15.1. The fourth-order valence-electron chi connectivity index (χ4n) is 3.42. The number of aromatic carboxylic acids is 1. The summed E-state index contributed by atoms with van der Waals surface area (Å²) < 4.78 is 27.6. The van der Waals surface area contributed by atoms with E-state index in [0.717, 1.165) is 17.7 Å². The topological polar surface area (TPSA) is 57.6 Å². The molecule has 1 fully saturated rings. The first kappa shape index (κ1) is 18.0. The lowest BCUT2D eigenvalue weighted by Crippen LogP contribution is -2.39. The van der Waals surface area contributed by atoms with Gasteiger partial charge < -0.3 is 10.0 Å². The molecule has 0 spiro atoms. The number of carboxylic acid groups (broad SMARTS) is 1. The number of rotatable bonds is 4. The van der Waals surface area contributed by atoms with Gasteiger partial charge in [-0.25, -0.2) is 13.6 Å². The molecule has 1 N–H and O–H groups in total. The third-order valence-electron chi connectivity index (χ3n) is 4.83. The molecule has 1 heterocycles. The zero-order valence-electron chi connectivity index (χ0n) is 14.1. The van der Waals surface area contributed by atoms with Gasteiger partial charge in [0.05, 0.1) is 5.56 Å². The zero-order valence-corrected chi connectivity index (χ0v) is 14.1. The summed E-state index contributed by atoms with van der Waals surface area (Å²) in [6.07, 6.45) is 1.93. The van der Waals surface area contributed by atoms with E-state index in [0.29, 0.717) is 37.9 Å². The molecule has 2 aromatic carbocycles. The first-order chi connectivity index (χ1) is 12.5. The SMILES string of the molecule is O=C(O)c1ccccc1CC1CCN(C(=O)c2c(F)cccc2F)CC1. The van der Waals surface area contributed by atoms with Gasteiger partial charge >= 0.3 is 5.97 Å². The van der Waals surface area contributed by atoms with E-state index in [4.69, 9.17) is 0 Å². The average molecular weight is 359 g/mol. The van der Waals surface area contributed by atoms with Crippen molar-refractivity contribution in [1.29, 1.82) is 0 Å². The monoisotopic (exact) mass is 359 g/mol. The van der Waals surface area contributed by atoms with Gasteiger partial charge in [0.25, 0.3) is 5.91 Å². The summed E-state index contributed by atoms with van der Waals surface area (Å²) in [5.74, 6) is -3.07. The maximum atomic E-state index is 13.8. The fraction of sp³-hybridized carbons (Fsp3) is 0.300. The lowest BCUT2D eigenvalue weighted by Gasteiger charge is -2.32. The molecule has 0 aromatic heterocycles. The Morgan fingerprint density at radius 3 is 2.23 bits per heavy atom. The molecule has 0 unspecified atom stereocenters. The third kappa shape index (κ3) is 3.74. The predicted molar refractivity (Wildman–Crippen MR) is 92.1 cm³/mol. The number of amides is 1. The number of benzene rings is 2. The van der Waals surface area contributed by atoms with Gasteiger partial charge in [-0.15, -0.1) is 0 Å². The van der Waals surface area contributed by atoms with Crippen LogP contribution in [-0.4, -0.2) is 35.0 Å². The largest absolute Gasteiger partial charge is 0.478 e. The molecule has 2 aromatic rings. The molecule has 1 saturated heterocycles. The molecule has 26 heavy (non-hydrogen) atoms. The van der Waals surface area contributed by atoms with Crippen LogP contribution in [0.5, 0.6) is 0 Å². The second-order valence-electron chi connectivity index (χ2n) is 6.50. The molecule has 1 amide bonds. The van der Waals surface area contributed by atoms with Gasteiger partial charge in [0, 0.05) is 13.1 Å². The molecule has 3 rings (SSSR count). The molecule has 136 valence electrons. The Bertz CT molecular complexity index is 809. The van der Waals surface area contributed by atoms with Gasteiger partial charge in [0.1, 0.15) is 17.2 Å². The van der Waals surface area contributed by atoms with Crippen LogP contribution in [0.4, 0.5) is 8.78 Å². The molecule has 0 radical (unpaired) electrons. The first-order valence-electron chi connectivity index (χ1n) is 8.52. The number of carbonyl (C=O) groups is 2. The number of hydrogen-bond donors (Lipinski definition) is 1. The minimum Gasteiger partial charge on any atom is -0.478 e. The van der Waals surface area contributed by atoms with Gasteiger partial charge in [-0.3, -0.25) is 4.79 Å². The second kappa shape index (κ2) is 7.64. The van der Waals surface area contributed by atoms with Crippen molar-refractivity contribution in [3.63, 3.8) is 0 Å². The van der Waals surface area contributed by atoms with Crippen molar-refractivity contribution < 1.29 is 23.5 Å². The summed E-state index contributed by atoms with van der Waals surface area (Å²) in [6.45, 7) is 0.791. The molecule has 0 saturated carbocycles. The molecule has 0 atom stereocenters. The average Bonchev–Trinajstić information content (AvgIpc) is 2.62. The highest BCUT2D eigenvalue weighted by molar-refractivity contribution is 5.94. The van der Waals surface area contributed by atoms with E-state index in [9.17, 15) is 23.5 Å². The van der Waals surface area contributed by atoms with Crippen molar-refractivity contribution in [3.05, 3.63) is 70.8 Å². The quantitative estimate of drug-likeness (QED) is 0.904. The number of piperidine rings is 1. The zero-order chi connectivity index (χ0) is 18.7. The summed E-state index contributed by atoms with van der Waals surface area (Å²) in [6, 6.07) is 10.3. The summed E-state index contributed by atoms with van der Waals surface area (Å²) in [7, 11) is 0. The smallest absolute Gasteiger partial charge is 0.335 e. The maximum Gasteiger partial charge on any atom is 0.335 e. The standard InChI is InChI=1S/C20H19F2NO3/c21-16-6-3-7-17(22)18(16)19(24)23-10-8-13(9-11-23)12-14-4-1-2-5-15(14)20(25)26/h1-7,13H,8-12H2,(H,25,26). The molecular weight excluding hydrogens is 340 g/mol. The maximum absolute atomic E-state index is 13.8. The van der Waals surface area contributed by atoms with Gasteiger partial charge in [0.15, 0.2) is 0 Å². The Morgan fingerprint density at radius 1 is 1.00 bits per heavy atom. The number of likely N-dealkylation sites (tertiary alicyclic amines) is 1. The van der Waals surface area contributed by atoms with Crippen LogP contribution < -0.4 is 0 Å². The Kier molecular flexibility index (Phi) is 5.30. The van der Waals surface area contributed by atoms with Crippen LogP contribution in [0.2, 0.25) is 0 Å². The highest BCUT2D eigenvalue weighted by Crippen LogP contribution is 2.25. The Labute approximate surface area is 150 Å². The van der Waals surface area contributed by atoms with Crippen LogP contribution in [0.15, 0.2) is 42.5 Å². The van der Waals surface area contributed by atoms with Crippen LogP contribution in [-0.2, 0) is 6.42 Å². The van der Waals surface area contributed by atoms with Crippen LogP contribution in [0.25, 0.3) is 0 Å². The van der Waals surface area contributed by atoms with Crippen molar-refractivity contribution in [2.45, 2.75) is 19.3 Å². The van der Waals surface area contributed by atoms with Crippen LogP contribution in [0, 0.1) is 17.6 Å². The Hall–Kier alpha value is -2.76. The van der Waals surface area contributed by atoms with E-state index in [-0.39, 0.29) is 5.92 Å². The third-order valence-corrected chi connectivity index (χ3v) is 4.83. The molecule has 4 nitrogen and oxygen atoms in total. The van der Waals surface area contributed by atoms with E-state index in [1.54, 1.807) is 24.3 Å². The van der Waals surface area contributed by atoms with Crippen LogP contribution >= 0.6 is 0 Å². The van der Waals surface area contributed by atoms with Gasteiger partial charge in [-0.2, -0.15) is 0 Å². The summed E-state index contributed by atoms with van der Waals surface area (Å²) in [5, 5.41) is 9.26. The highest BCUT2D eigenvalue weighted by Gasteiger charge is 2.28. The van der Waals surface area contributed by atoms with Gasteiger partial charge in [-0.05, 0) is 48.9 Å². The first-order valence-corrected chi connectivity index (χ1v) is 8.52. The second-order valence-corrected chi connectivity index (χ2v) is 6.50. The summed E-state index contributed by atoms with van der Waals surface area (Å²) >= 11 is 0.